The van der Waals surface area contributed by atoms with Gasteiger partial charge in [0.1, 0.15) is 18.2 Å². The molecule has 16 atom stereocenters. The van der Waals surface area contributed by atoms with E-state index in [1.165, 1.54) is 12.0 Å². The van der Waals surface area contributed by atoms with Gasteiger partial charge in [-0.1, -0.05) is 64.7 Å². The number of Topliss-reactive ketones (excluding diaryl/α,β-unsaturated/α-hetero) is 2. The van der Waals surface area contributed by atoms with E-state index in [4.69, 9.17) is 9.47 Å². The third-order valence-corrected chi connectivity index (χ3v) is 26.2. The molecule has 436 valence electrons. The maximum absolute atomic E-state index is 16.2. The molecule has 11 aliphatic rings. The lowest BCUT2D eigenvalue weighted by Gasteiger charge is -2.75. The molecule has 3 spiro atoms. The van der Waals surface area contributed by atoms with E-state index in [9.17, 15) is 25.2 Å². The third kappa shape index (κ3) is 7.75. The largest absolute Gasteiger partial charge is 0.393 e. The number of aromatic amines is 1. The van der Waals surface area contributed by atoms with Crippen molar-refractivity contribution in [3.8, 4) is 11.8 Å². The molecule has 6 N–H and O–H groups in total. The number of ketones is 2. The van der Waals surface area contributed by atoms with Gasteiger partial charge in [0.15, 0.2) is 5.78 Å². The third-order valence-electron chi connectivity index (χ3n) is 26.2. The SMILES string of the molecule is CNC1CCCC2(C1)C(=O)CC1(CCC(O)C1)C1(C)C2CCC23CC#CCC4Cc5c[nH]c6c(C(C=O)c7cc(C8CCCCC8)cc(C8(O)CCOCC8)c7)cn(c56)CC(C5=C(C(=O)CC52C)C4(C)CC(O)C2OC2(C)C)C(O)C31. The van der Waals surface area contributed by atoms with Gasteiger partial charge in [-0.2, -0.15) is 0 Å². The van der Waals surface area contributed by atoms with Crippen LogP contribution in [0.25, 0.3) is 11.0 Å². The Balaban J connectivity index is 0.991. The van der Waals surface area contributed by atoms with E-state index in [0.717, 1.165) is 115 Å². The molecular weight excluding hydrogens is 1010 g/mol. The number of epoxide rings is 1. The number of nitrogens with one attached hydrogen (secondary N) is 2. The zero-order chi connectivity index (χ0) is 56.4. The van der Waals surface area contributed by atoms with E-state index < -0.39 is 73.8 Å². The number of allylic oxidation sites excluding steroid dienone is 1. The highest BCUT2D eigenvalue weighted by molar-refractivity contribution is 6.02. The first-order chi connectivity index (χ1) is 38.7. The summed E-state index contributed by atoms with van der Waals surface area (Å²) >= 11 is 0. The fourth-order valence-corrected chi connectivity index (χ4v) is 22.1. The Labute approximate surface area is 479 Å². The van der Waals surface area contributed by atoms with Crippen LogP contribution < -0.4 is 5.32 Å². The number of nitrogens with zero attached hydrogens (tertiary/aromatic N) is 1. The number of hydrogen-bond donors (Lipinski definition) is 6. The molecule has 12 nitrogen and oxygen atoms in total. The minimum Gasteiger partial charge on any atom is -0.393 e. The monoisotopic (exact) mass is 1110 g/mol. The number of ether oxygens (including phenoxy) is 2. The molecule has 3 aromatic rings. The van der Waals surface area contributed by atoms with Gasteiger partial charge in [-0.3, -0.25) is 9.59 Å². The van der Waals surface area contributed by atoms with Crippen molar-refractivity contribution < 1.29 is 44.3 Å². The number of carbonyl (C=O) groups excluding carboxylic acids is 3. The van der Waals surface area contributed by atoms with E-state index in [-0.39, 0.29) is 42.1 Å². The van der Waals surface area contributed by atoms with E-state index in [2.05, 4.69) is 78.1 Å². The molecule has 2 aromatic heterocycles. The number of aromatic nitrogens is 2. The van der Waals surface area contributed by atoms with Gasteiger partial charge in [0, 0.05) is 110 Å². The number of aldehydes is 1. The van der Waals surface area contributed by atoms with Crippen molar-refractivity contribution in [3.63, 3.8) is 0 Å². The standard InChI is InChI=1S/C69H91N3O9/c1-62(2)61(81-62)52(76)33-63(3)44-15-10-11-20-68-22-18-53-65(5,66(21-17-47(74)32-66)35-54(77)67(53)19-12-16-46(31-67)70-6)60(68)59(78)49(55-56(63)51(75)34-64(55,68)4)38-72-37-48(57-58(72)43(30-44)36-71-57)50(39-73)42-27-41(40-13-8-7-9-14-40)28-45(29-42)69(79)23-25-80-26-24-69/h27-29,36-37,39-40,44,46-47,49-50,52-53,59-61,70-71,74,76,78-79H,7-9,12-26,30-35,38H2,1-6H3. The Hall–Kier alpha value is -3.93. The summed E-state index contributed by atoms with van der Waals surface area (Å²) in [4.78, 5) is 49.8. The predicted molar refractivity (Wildman–Crippen MR) is 309 cm³/mol. The van der Waals surface area contributed by atoms with E-state index >= 15 is 9.59 Å². The zero-order valence-electron chi connectivity index (χ0n) is 49.3. The molecule has 0 amide bonds. The molecule has 3 aliphatic heterocycles. The van der Waals surface area contributed by atoms with Crippen LogP contribution in [0.4, 0.5) is 0 Å². The molecule has 1 aromatic carbocycles. The molecule has 12 heteroatoms. The number of aliphatic hydroxyl groups excluding tert-OH is 3. The highest BCUT2D eigenvalue weighted by atomic mass is 16.6. The van der Waals surface area contributed by atoms with E-state index in [1.807, 2.05) is 20.9 Å². The van der Waals surface area contributed by atoms with Crippen LogP contribution in [0.5, 0.6) is 0 Å². The Morgan fingerprint density at radius 3 is 2.41 bits per heavy atom. The summed E-state index contributed by atoms with van der Waals surface area (Å²) < 4.78 is 14.3. The van der Waals surface area contributed by atoms with Crippen molar-refractivity contribution in [2.45, 2.75) is 236 Å². The predicted octanol–water partition coefficient (Wildman–Crippen LogP) is 10.2. The van der Waals surface area contributed by atoms with Crippen LogP contribution in [-0.4, -0.2) is 104 Å². The normalized spacial score (nSPS) is 42.1. The first-order valence-corrected chi connectivity index (χ1v) is 32.0. The number of fused-ring (bicyclic) bond motifs is 5. The van der Waals surface area contributed by atoms with Crippen LogP contribution in [0, 0.1) is 68.0 Å². The number of H-pyrrole nitrogens is 1. The van der Waals surface area contributed by atoms with Crippen molar-refractivity contribution in [1.82, 2.24) is 14.9 Å². The minimum atomic E-state index is -1.08. The Bertz CT molecular complexity index is 3160. The van der Waals surface area contributed by atoms with Crippen molar-refractivity contribution in [2.75, 3.05) is 20.3 Å². The highest BCUT2D eigenvalue weighted by Crippen LogP contribution is 2.82. The minimum absolute atomic E-state index is 0.0405. The van der Waals surface area contributed by atoms with Crippen LogP contribution in [0.2, 0.25) is 0 Å². The first-order valence-electron chi connectivity index (χ1n) is 32.0. The van der Waals surface area contributed by atoms with E-state index in [0.29, 0.717) is 95.7 Å². The quantitative estimate of drug-likeness (QED) is 0.0684. The molecule has 6 saturated carbocycles. The summed E-state index contributed by atoms with van der Waals surface area (Å²) in [6.45, 7) is 12.4. The number of benzene rings is 1. The second kappa shape index (κ2) is 19.0. The molecule has 8 aliphatic carbocycles. The average molecular weight is 1110 g/mol. The molecule has 14 rings (SSSR count). The van der Waals surface area contributed by atoms with Gasteiger partial charge in [-0.25, -0.2) is 0 Å². The maximum atomic E-state index is 16.2. The summed E-state index contributed by atoms with van der Waals surface area (Å²) in [6.07, 6.45) is 18.7. The van der Waals surface area contributed by atoms with Crippen molar-refractivity contribution in [3.05, 3.63) is 69.6 Å². The fraction of sp³-hybridized carbons (Fsp3) is 0.725. The summed E-state index contributed by atoms with van der Waals surface area (Å²) in [6, 6.07) is 6.76. The lowest BCUT2D eigenvalue weighted by atomic mass is 9.28. The number of carbonyl (C=O) groups is 3. The lowest BCUT2D eigenvalue weighted by molar-refractivity contribution is -0.270. The number of hydrogen-bond acceptors (Lipinski definition) is 10. The molecule has 2 saturated heterocycles. The smallest absolute Gasteiger partial charge is 0.160 e. The van der Waals surface area contributed by atoms with Crippen LogP contribution in [0.15, 0.2) is 41.7 Å². The van der Waals surface area contributed by atoms with Gasteiger partial charge in [-0.15, -0.1) is 11.8 Å². The Kier molecular flexibility index (Phi) is 12.9. The molecule has 81 heavy (non-hydrogen) atoms. The molecule has 16 unspecified atom stereocenters. The van der Waals surface area contributed by atoms with Crippen molar-refractivity contribution >= 4 is 28.9 Å². The molecule has 5 bridgehead atoms. The van der Waals surface area contributed by atoms with E-state index in [1.54, 1.807) is 0 Å². The second-order valence-electron chi connectivity index (χ2n) is 30.1. The van der Waals surface area contributed by atoms with Crippen LogP contribution in [0.3, 0.4) is 0 Å². The van der Waals surface area contributed by atoms with Gasteiger partial charge < -0.3 is 49.6 Å². The summed E-state index contributed by atoms with van der Waals surface area (Å²) in [5.41, 5.74) is 2.87. The molecular formula is C69H91N3O9. The van der Waals surface area contributed by atoms with Crippen LogP contribution >= 0.6 is 0 Å². The van der Waals surface area contributed by atoms with Crippen LogP contribution in [0.1, 0.15) is 209 Å². The van der Waals surface area contributed by atoms with Crippen LogP contribution in [-0.2, 0) is 42.4 Å². The van der Waals surface area contributed by atoms with Crippen molar-refractivity contribution in [1.29, 1.82) is 0 Å². The second-order valence-corrected chi connectivity index (χ2v) is 30.1. The number of aliphatic hydroxyl groups is 4. The molecule has 5 heterocycles. The summed E-state index contributed by atoms with van der Waals surface area (Å²) in [7, 11) is 2.03. The van der Waals surface area contributed by atoms with Gasteiger partial charge >= 0.3 is 0 Å². The van der Waals surface area contributed by atoms with Gasteiger partial charge in [0.25, 0.3) is 0 Å². The maximum Gasteiger partial charge on any atom is 0.160 e. The van der Waals surface area contributed by atoms with Crippen molar-refractivity contribution in [2.24, 2.45) is 56.2 Å². The fourth-order valence-electron chi connectivity index (χ4n) is 22.1. The molecule has 8 fully saturated rings. The highest BCUT2D eigenvalue weighted by Gasteiger charge is 2.79. The van der Waals surface area contributed by atoms with Gasteiger partial charge in [0.2, 0.25) is 0 Å². The Morgan fingerprint density at radius 2 is 1.69 bits per heavy atom. The number of rotatable bonds is 9. The van der Waals surface area contributed by atoms with Gasteiger partial charge in [0.05, 0.1) is 46.5 Å². The zero-order valence-corrected chi connectivity index (χ0v) is 49.3. The average Bonchev–Trinajstić information content (AvgIpc) is 1.94. The molecule has 0 radical (unpaired) electrons. The first kappa shape index (κ1) is 55.0. The Morgan fingerprint density at radius 1 is 0.914 bits per heavy atom. The van der Waals surface area contributed by atoms with Gasteiger partial charge in [-0.05, 0) is 166 Å². The summed E-state index contributed by atoms with van der Waals surface area (Å²) in [5.74, 6) is 6.61. The topological polar surface area (TPSA) is 187 Å². The lowest BCUT2D eigenvalue weighted by Crippen LogP contribution is -2.74. The summed E-state index contributed by atoms with van der Waals surface area (Å²) in [5, 5.41) is 55.1.